The van der Waals surface area contributed by atoms with Crippen molar-refractivity contribution in [3.8, 4) is 0 Å². The molecule has 0 saturated heterocycles. The van der Waals surface area contributed by atoms with E-state index in [-0.39, 0.29) is 5.41 Å². The number of thiazole rings is 1. The number of aromatic nitrogens is 3. The van der Waals surface area contributed by atoms with Crippen LogP contribution in [-0.4, -0.2) is 14.5 Å². The monoisotopic (exact) mass is 264 g/mol. The Labute approximate surface area is 112 Å². The highest BCUT2D eigenvalue weighted by atomic mass is 32.1. The van der Waals surface area contributed by atoms with Crippen LogP contribution in [0.5, 0.6) is 0 Å². The number of hydrogen-bond donors (Lipinski definition) is 1. The summed E-state index contributed by atoms with van der Waals surface area (Å²) in [5.74, 6) is 1.04. The Hall–Kier alpha value is -1.20. The highest BCUT2D eigenvalue weighted by Crippen LogP contribution is 2.23. The maximum Gasteiger partial charge on any atom is 0.122 e. The van der Waals surface area contributed by atoms with Crippen LogP contribution in [0.25, 0.3) is 0 Å². The minimum Gasteiger partial charge on any atom is -0.337 e. The number of aryl methyl sites for hydroxylation is 1. The van der Waals surface area contributed by atoms with Gasteiger partial charge in [0, 0.05) is 36.8 Å². The molecule has 2 aromatic rings. The second kappa shape index (κ2) is 5.20. The molecule has 5 heteroatoms. The minimum absolute atomic E-state index is 0.133. The zero-order valence-electron chi connectivity index (χ0n) is 11.4. The van der Waals surface area contributed by atoms with Crippen LogP contribution in [0.2, 0.25) is 0 Å². The van der Waals surface area contributed by atoms with E-state index in [4.69, 9.17) is 0 Å². The molecule has 0 radical (unpaired) electrons. The molecule has 0 aliphatic carbocycles. The number of rotatable bonds is 4. The summed E-state index contributed by atoms with van der Waals surface area (Å²) in [5.41, 5.74) is 1.30. The smallest absolute Gasteiger partial charge is 0.122 e. The molecule has 2 heterocycles. The second-order valence-corrected chi connectivity index (χ2v) is 6.38. The van der Waals surface area contributed by atoms with Gasteiger partial charge >= 0.3 is 0 Å². The van der Waals surface area contributed by atoms with E-state index in [1.54, 1.807) is 11.3 Å². The average molecular weight is 264 g/mol. The summed E-state index contributed by atoms with van der Waals surface area (Å²) >= 11 is 1.72. The first-order chi connectivity index (χ1) is 8.47. The third-order valence-corrected chi connectivity index (χ3v) is 3.65. The molecule has 0 amide bonds. The molecule has 98 valence electrons. The highest BCUT2D eigenvalue weighted by molar-refractivity contribution is 7.09. The van der Waals surface area contributed by atoms with Crippen LogP contribution < -0.4 is 5.32 Å². The number of nitrogens with one attached hydrogen (secondary N) is 1. The molecule has 0 aliphatic rings. The lowest BCUT2D eigenvalue weighted by Crippen LogP contribution is -2.16. The van der Waals surface area contributed by atoms with Crippen LogP contribution in [-0.2, 0) is 25.6 Å². The molecule has 0 bridgehead atoms. The van der Waals surface area contributed by atoms with Gasteiger partial charge < -0.3 is 9.88 Å². The zero-order chi connectivity index (χ0) is 13.2. The van der Waals surface area contributed by atoms with Crippen molar-refractivity contribution in [2.75, 3.05) is 0 Å². The first kappa shape index (κ1) is 13.2. The summed E-state index contributed by atoms with van der Waals surface area (Å²) in [6.45, 7) is 8.13. The molecule has 2 aromatic heterocycles. The molecule has 0 spiro atoms. The van der Waals surface area contributed by atoms with E-state index in [0.29, 0.717) is 0 Å². The lowest BCUT2D eigenvalue weighted by molar-refractivity contribution is 0.567. The van der Waals surface area contributed by atoms with E-state index in [1.165, 1.54) is 5.69 Å². The Morgan fingerprint density at radius 2 is 2.11 bits per heavy atom. The van der Waals surface area contributed by atoms with Crippen LogP contribution in [0.4, 0.5) is 0 Å². The van der Waals surface area contributed by atoms with Crippen molar-refractivity contribution >= 4 is 11.3 Å². The fourth-order valence-corrected chi connectivity index (χ4v) is 2.57. The zero-order valence-corrected chi connectivity index (χ0v) is 12.2. The van der Waals surface area contributed by atoms with Gasteiger partial charge in [-0.05, 0) is 0 Å². The standard InChI is InChI=1S/C13H20N4S/c1-13(2,3)10-9-18-12(16-10)8-14-7-11-15-5-6-17(11)4/h5-6,9,14H,7-8H2,1-4H3. The van der Waals surface area contributed by atoms with E-state index in [1.807, 2.05) is 24.0 Å². The third kappa shape index (κ3) is 3.17. The fourth-order valence-electron chi connectivity index (χ4n) is 1.58. The van der Waals surface area contributed by atoms with Crippen molar-refractivity contribution < 1.29 is 0 Å². The van der Waals surface area contributed by atoms with Crippen molar-refractivity contribution in [1.82, 2.24) is 19.9 Å². The van der Waals surface area contributed by atoms with Gasteiger partial charge in [0.25, 0.3) is 0 Å². The Bertz CT molecular complexity index is 507. The minimum atomic E-state index is 0.133. The van der Waals surface area contributed by atoms with E-state index < -0.39 is 0 Å². The molecular formula is C13H20N4S. The van der Waals surface area contributed by atoms with Gasteiger partial charge in [-0.3, -0.25) is 0 Å². The number of imidazole rings is 1. The molecule has 1 N–H and O–H groups in total. The maximum atomic E-state index is 4.65. The molecule has 0 fully saturated rings. The van der Waals surface area contributed by atoms with Crippen LogP contribution in [0, 0.1) is 0 Å². The molecule has 4 nitrogen and oxygen atoms in total. The Morgan fingerprint density at radius 3 is 2.67 bits per heavy atom. The van der Waals surface area contributed by atoms with E-state index in [9.17, 15) is 0 Å². The predicted octanol–water partition coefficient (Wildman–Crippen LogP) is 2.46. The van der Waals surface area contributed by atoms with Gasteiger partial charge in [0.15, 0.2) is 0 Å². The molecular weight excluding hydrogens is 244 g/mol. The van der Waals surface area contributed by atoms with Crippen LogP contribution in [0.3, 0.4) is 0 Å². The van der Waals surface area contributed by atoms with E-state index in [0.717, 1.165) is 23.9 Å². The molecule has 0 saturated carbocycles. The van der Waals surface area contributed by atoms with Crippen LogP contribution >= 0.6 is 11.3 Å². The van der Waals surface area contributed by atoms with Crippen molar-refractivity contribution in [2.24, 2.45) is 7.05 Å². The van der Waals surface area contributed by atoms with Crippen LogP contribution in [0.15, 0.2) is 17.8 Å². The first-order valence-corrected chi connectivity index (χ1v) is 6.96. The normalized spacial score (nSPS) is 12.0. The number of hydrogen-bond acceptors (Lipinski definition) is 4. The summed E-state index contributed by atoms with van der Waals surface area (Å²) in [5, 5.41) is 6.66. The molecule has 0 atom stereocenters. The SMILES string of the molecule is Cn1ccnc1CNCc1nc(C(C)(C)C)cs1. The summed E-state index contributed by atoms with van der Waals surface area (Å²) in [6.07, 6.45) is 3.77. The van der Waals surface area contributed by atoms with Gasteiger partial charge in [0.2, 0.25) is 0 Å². The van der Waals surface area contributed by atoms with Gasteiger partial charge in [-0.15, -0.1) is 11.3 Å². The summed E-state index contributed by atoms with van der Waals surface area (Å²) in [7, 11) is 2.01. The third-order valence-electron chi connectivity index (χ3n) is 2.80. The van der Waals surface area contributed by atoms with E-state index >= 15 is 0 Å². The predicted molar refractivity (Wildman–Crippen MR) is 74.6 cm³/mol. The van der Waals surface area contributed by atoms with Crippen molar-refractivity contribution in [1.29, 1.82) is 0 Å². The van der Waals surface area contributed by atoms with Crippen molar-refractivity contribution in [3.05, 3.63) is 34.3 Å². The summed E-state index contributed by atoms with van der Waals surface area (Å²) < 4.78 is 2.02. The van der Waals surface area contributed by atoms with E-state index in [2.05, 4.69) is 41.4 Å². The Kier molecular flexibility index (Phi) is 3.82. The highest BCUT2D eigenvalue weighted by Gasteiger charge is 2.17. The van der Waals surface area contributed by atoms with Gasteiger partial charge in [-0.25, -0.2) is 9.97 Å². The Balaban J connectivity index is 1.88. The van der Waals surface area contributed by atoms with Gasteiger partial charge in [0.05, 0.1) is 12.2 Å². The second-order valence-electron chi connectivity index (χ2n) is 5.43. The maximum absolute atomic E-state index is 4.65. The topological polar surface area (TPSA) is 42.7 Å². The lowest BCUT2D eigenvalue weighted by atomic mass is 9.93. The quantitative estimate of drug-likeness (QED) is 0.922. The molecule has 0 aromatic carbocycles. The summed E-state index contributed by atoms with van der Waals surface area (Å²) in [4.78, 5) is 8.93. The van der Waals surface area contributed by atoms with Gasteiger partial charge in [-0.2, -0.15) is 0 Å². The van der Waals surface area contributed by atoms with Crippen LogP contribution in [0.1, 0.15) is 37.3 Å². The molecule has 18 heavy (non-hydrogen) atoms. The molecule has 0 aliphatic heterocycles. The van der Waals surface area contributed by atoms with Crippen molar-refractivity contribution in [2.45, 2.75) is 39.3 Å². The lowest BCUT2D eigenvalue weighted by Gasteiger charge is -2.14. The first-order valence-electron chi connectivity index (χ1n) is 6.08. The van der Waals surface area contributed by atoms with Crippen molar-refractivity contribution in [3.63, 3.8) is 0 Å². The van der Waals surface area contributed by atoms with Gasteiger partial charge in [-0.1, -0.05) is 20.8 Å². The average Bonchev–Trinajstić information content (AvgIpc) is 2.88. The number of nitrogens with zero attached hydrogens (tertiary/aromatic N) is 3. The fraction of sp³-hybridized carbons (Fsp3) is 0.538. The molecule has 2 rings (SSSR count). The molecule has 0 unspecified atom stereocenters. The Morgan fingerprint density at radius 1 is 1.33 bits per heavy atom. The summed E-state index contributed by atoms with van der Waals surface area (Å²) in [6, 6.07) is 0. The van der Waals surface area contributed by atoms with Gasteiger partial charge in [0.1, 0.15) is 10.8 Å². The largest absolute Gasteiger partial charge is 0.337 e.